The molecule has 1 heterocycles. The third kappa shape index (κ3) is 4.41. The second kappa shape index (κ2) is 9.47. The fraction of sp³-hybridized carbons (Fsp3) is 0.536. The van der Waals surface area contributed by atoms with Gasteiger partial charge >= 0.3 is 0 Å². The molecule has 1 aliphatic carbocycles. The van der Waals surface area contributed by atoms with Crippen molar-refractivity contribution in [3.63, 3.8) is 0 Å². The maximum absolute atomic E-state index is 13.7. The standard InChI is InChI=1S/C28H38N2O3/c1-21(2)19-30(26(32)22-9-6-5-7-10-22)24-13-14-28(33-4)20-29(3)16-15-27(28,18-24)23-11-8-12-25(31)17-23/h5-12,17,21,24,31H,13-16,18-20H2,1-4H3/t24-,27?,28?/m1/s1. The van der Waals surface area contributed by atoms with E-state index in [1.165, 1.54) is 0 Å². The maximum atomic E-state index is 13.7. The molecule has 0 radical (unpaired) electrons. The number of benzene rings is 2. The number of ether oxygens (including phenoxy) is 1. The highest BCUT2D eigenvalue weighted by molar-refractivity contribution is 5.94. The summed E-state index contributed by atoms with van der Waals surface area (Å²) in [6.45, 7) is 6.89. The van der Waals surface area contributed by atoms with Gasteiger partial charge in [0.15, 0.2) is 0 Å². The van der Waals surface area contributed by atoms with Gasteiger partial charge in [0.05, 0.1) is 5.60 Å². The van der Waals surface area contributed by atoms with Crippen LogP contribution in [0.3, 0.4) is 0 Å². The van der Waals surface area contributed by atoms with E-state index < -0.39 is 0 Å². The Morgan fingerprint density at radius 3 is 2.61 bits per heavy atom. The van der Waals surface area contributed by atoms with Crippen molar-refractivity contribution in [1.29, 1.82) is 0 Å². The van der Waals surface area contributed by atoms with Crippen LogP contribution in [0.15, 0.2) is 54.6 Å². The lowest BCUT2D eigenvalue weighted by Gasteiger charge is -2.60. The van der Waals surface area contributed by atoms with Gasteiger partial charge < -0.3 is 19.6 Å². The first-order chi connectivity index (χ1) is 15.8. The Hall–Kier alpha value is -2.37. The fourth-order valence-corrected chi connectivity index (χ4v) is 6.28. The second-order valence-corrected chi connectivity index (χ2v) is 10.4. The number of fused-ring (bicyclic) bond motifs is 1. The summed E-state index contributed by atoms with van der Waals surface area (Å²) in [7, 11) is 3.99. The number of phenols is 1. The summed E-state index contributed by atoms with van der Waals surface area (Å²) in [4.78, 5) is 18.1. The van der Waals surface area contributed by atoms with Gasteiger partial charge in [-0.05, 0) is 75.0 Å². The lowest BCUT2D eigenvalue weighted by molar-refractivity contribution is -0.150. The van der Waals surface area contributed by atoms with E-state index in [0.29, 0.717) is 5.92 Å². The number of likely N-dealkylation sites (tertiary alicyclic amines) is 1. The van der Waals surface area contributed by atoms with E-state index in [0.717, 1.165) is 56.4 Å². The van der Waals surface area contributed by atoms with Crippen molar-refractivity contribution in [2.24, 2.45) is 5.92 Å². The van der Waals surface area contributed by atoms with Crippen molar-refractivity contribution >= 4 is 5.91 Å². The summed E-state index contributed by atoms with van der Waals surface area (Å²) >= 11 is 0. The van der Waals surface area contributed by atoms with Crippen molar-refractivity contribution in [3.8, 4) is 5.75 Å². The summed E-state index contributed by atoms with van der Waals surface area (Å²) in [6.07, 6.45) is 3.56. The number of carbonyl (C=O) groups is 1. The molecule has 1 N–H and O–H groups in total. The molecule has 2 fully saturated rings. The number of likely N-dealkylation sites (N-methyl/N-ethyl adjacent to an activating group) is 1. The van der Waals surface area contributed by atoms with Crippen molar-refractivity contribution in [2.75, 3.05) is 33.8 Å². The summed E-state index contributed by atoms with van der Waals surface area (Å²) in [6, 6.07) is 17.5. The van der Waals surface area contributed by atoms with Gasteiger partial charge in [0.1, 0.15) is 5.75 Å². The lowest BCUT2D eigenvalue weighted by Crippen LogP contribution is -2.67. The Balaban J connectivity index is 1.76. The average Bonchev–Trinajstić information content (AvgIpc) is 2.82. The van der Waals surface area contributed by atoms with Crippen molar-refractivity contribution in [3.05, 3.63) is 65.7 Å². The highest BCUT2D eigenvalue weighted by Gasteiger charge is 2.59. The number of piperidine rings is 1. The first-order valence-corrected chi connectivity index (χ1v) is 12.2. The van der Waals surface area contributed by atoms with E-state index >= 15 is 0 Å². The molecule has 0 bridgehead atoms. The molecule has 5 nitrogen and oxygen atoms in total. The van der Waals surface area contributed by atoms with Crippen LogP contribution in [-0.2, 0) is 10.2 Å². The van der Waals surface area contributed by atoms with E-state index in [-0.39, 0.29) is 28.7 Å². The quantitative estimate of drug-likeness (QED) is 0.693. The molecule has 3 atom stereocenters. The predicted molar refractivity (Wildman–Crippen MR) is 132 cm³/mol. The highest BCUT2D eigenvalue weighted by Crippen LogP contribution is 2.54. The van der Waals surface area contributed by atoms with Gasteiger partial charge in [0.2, 0.25) is 0 Å². The second-order valence-electron chi connectivity index (χ2n) is 10.4. The number of hydrogen-bond donors (Lipinski definition) is 1. The summed E-state index contributed by atoms with van der Waals surface area (Å²) in [5, 5.41) is 10.4. The van der Waals surface area contributed by atoms with Gasteiger partial charge in [-0.1, -0.05) is 44.2 Å². The molecule has 1 saturated carbocycles. The Morgan fingerprint density at radius 1 is 1.18 bits per heavy atom. The zero-order valence-corrected chi connectivity index (χ0v) is 20.5. The van der Waals surface area contributed by atoms with E-state index in [1.54, 1.807) is 6.07 Å². The number of nitrogens with zero attached hydrogens (tertiary/aromatic N) is 2. The van der Waals surface area contributed by atoms with Crippen LogP contribution in [0.5, 0.6) is 5.75 Å². The minimum Gasteiger partial charge on any atom is -0.508 e. The van der Waals surface area contributed by atoms with Gasteiger partial charge in [-0.2, -0.15) is 0 Å². The molecule has 0 aromatic heterocycles. The molecular weight excluding hydrogens is 412 g/mol. The minimum atomic E-state index is -0.344. The molecule has 1 amide bonds. The molecule has 2 aromatic rings. The molecule has 1 saturated heterocycles. The fourth-order valence-electron chi connectivity index (χ4n) is 6.28. The molecule has 5 heteroatoms. The van der Waals surface area contributed by atoms with Crippen LogP contribution in [0.1, 0.15) is 55.5 Å². The number of phenolic OH excluding ortho intramolecular Hbond substituents is 1. The van der Waals surface area contributed by atoms with Crippen molar-refractivity contribution in [1.82, 2.24) is 9.80 Å². The molecule has 33 heavy (non-hydrogen) atoms. The molecule has 2 aromatic carbocycles. The average molecular weight is 451 g/mol. The SMILES string of the molecule is COC12CC[C@@H](N(CC(C)C)C(=O)c3ccccc3)CC1(c1cccc(O)c1)CCN(C)C2. The molecular formula is C28H38N2O3. The summed E-state index contributed by atoms with van der Waals surface area (Å²) in [5.41, 5.74) is 1.27. The number of amides is 1. The van der Waals surface area contributed by atoms with Crippen LogP contribution < -0.4 is 0 Å². The van der Waals surface area contributed by atoms with Crippen LogP contribution in [0.4, 0.5) is 0 Å². The van der Waals surface area contributed by atoms with Gasteiger partial charge in [-0.25, -0.2) is 0 Å². The van der Waals surface area contributed by atoms with E-state index in [4.69, 9.17) is 4.74 Å². The van der Waals surface area contributed by atoms with Crippen LogP contribution in [0, 0.1) is 5.92 Å². The van der Waals surface area contributed by atoms with Crippen LogP contribution in [0.25, 0.3) is 0 Å². The van der Waals surface area contributed by atoms with E-state index in [1.807, 2.05) is 49.6 Å². The molecule has 2 aliphatic rings. The third-order valence-electron chi connectivity index (χ3n) is 7.86. The number of carbonyl (C=O) groups excluding carboxylic acids is 1. The zero-order valence-electron chi connectivity index (χ0n) is 20.5. The summed E-state index contributed by atoms with van der Waals surface area (Å²) < 4.78 is 6.38. The monoisotopic (exact) mass is 450 g/mol. The number of rotatable bonds is 6. The van der Waals surface area contributed by atoms with Gasteiger partial charge in [-0.3, -0.25) is 4.79 Å². The van der Waals surface area contributed by atoms with Crippen LogP contribution >= 0.6 is 0 Å². The van der Waals surface area contributed by atoms with Crippen molar-refractivity contribution < 1.29 is 14.6 Å². The van der Waals surface area contributed by atoms with Crippen molar-refractivity contribution in [2.45, 2.75) is 56.6 Å². The van der Waals surface area contributed by atoms with E-state index in [2.05, 4.69) is 36.8 Å². The minimum absolute atomic E-state index is 0.109. The molecule has 0 spiro atoms. The Bertz CT molecular complexity index is 963. The normalized spacial score (nSPS) is 27.8. The van der Waals surface area contributed by atoms with Crippen LogP contribution in [0.2, 0.25) is 0 Å². The smallest absolute Gasteiger partial charge is 0.254 e. The maximum Gasteiger partial charge on any atom is 0.254 e. The third-order valence-corrected chi connectivity index (χ3v) is 7.86. The van der Waals surface area contributed by atoms with Gasteiger partial charge in [0, 0.05) is 37.2 Å². The van der Waals surface area contributed by atoms with Gasteiger partial charge in [0.25, 0.3) is 5.91 Å². The first-order valence-electron chi connectivity index (χ1n) is 12.2. The Kier molecular flexibility index (Phi) is 6.83. The molecule has 1 aliphatic heterocycles. The highest BCUT2D eigenvalue weighted by atomic mass is 16.5. The van der Waals surface area contributed by atoms with E-state index in [9.17, 15) is 9.90 Å². The zero-order chi connectivity index (χ0) is 23.6. The van der Waals surface area contributed by atoms with Crippen LogP contribution in [-0.4, -0.2) is 66.2 Å². The number of aromatic hydroxyl groups is 1. The molecule has 4 rings (SSSR count). The lowest BCUT2D eigenvalue weighted by atomic mass is 9.55. The Morgan fingerprint density at radius 2 is 1.94 bits per heavy atom. The number of methoxy groups -OCH3 is 1. The topological polar surface area (TPSA) is 53.0 Å². The molecule has 2 unspecified atom stereocenters. The first kappa shape index (κ1) is 23.8. The van der Waals surface area contributed by atoms with Gasteiger partial charge in [-0.15, -0.1) is 0 Å². The predicted octanol–water partition coefficient (Wildman–Crippen LogP) is 4.70. The number of hydrogen-bond acceptors (Lipinski definition) is 4. The Labute approximate surface area is 198 Å². The summed E-state index contributed by atoms with van der Waals surface area (Å²) in [5.74, 6) is 0.770. The largest absolute Gasteiger partial charge is 0.508 e. The molecule has 178 valence electrons.